The molecule has 0 nitrogen and oxygen atoms in total. The normalized spacial score (nSPS) is 7.62. The van der Waals surface area contributed by atoms with Gasteiger partial charge in [-0.1, -0.05) is 35.9 Å². The molecule has 0 radical (unpaired) electrons. The van der Waals surface area contributed by atoms with E-state index >= 15 is 0 Å². The van der Waals surface area contributed by atoms with E-state index in [0.29, 0.717) is 0 Å². The van der Waals surface area contributed by atoms with Crippen molar-refractivity contribution >= 4 is 45.5 Å². The van der Waals surface area contributed by atoms with Crippen molar-refractivity contribution in [2.24, 2.45) is 0 Å². The molecule has 1 rings (SSSR count). The van der Waals surface area contributed by atoms with Crippen LogP contribution in [-0.2, 0) is 0 Å². The number of aryl methyl sites for hydroxylation is 1. The standard InChI is InChI=1S/C7H8.Sr.2H/c1-7-5-3-2-4-6-7;;;/h2-6H,1H3;;;/q;+2;2*-1. The van der Waals surface area contributed by atoms with Crippen LogP contribution in [0.2, 0.25) is 0 Å². The van der Waals surface area contributed by atoms with Gasteiger partial charge in [-0.25, -0.2) is 0 Å². The Bertz CT molecular complexity index is 142. The van der Waals surface area contributed by atoms with Crippen molar-refractivity contribution < 1.29 is 2.85 Å². The third kappa shape index (κ3) is 2.88. The summed E-state index contributed by atoms with van der Waals surface area (Å²) in [6.07, 6.45) is 0. The quantitative estimate of drug-likeness (QED) is 0.536. The van der Waals surface area contributed by atoms with Crippen LogP contribution < -0.4 is 0 Å². The van der Waals surface area contributed by atoms with Crippen LogP contribution in [0, 0.1) is 6.92 Å². The summed E-state index contributed by atoms with van der Waals surface area (Å²) >= 11 is 0. The maximum Gasteiger partial charge on any atom is 2.00 e. The fourth-order valence-electron chi connectivity index (χ4n) is 0.534. The molecule has 0 aliphatic rings. The minimum atomic E-state index is 0. The first-order valence-electron chi connectivity index (χ1n) is 2.41. The fraction of sp³-hybridized carbons (Fsp3) is 0.143. The molecule has 0 N–H and O–H groups in total. The second-order valence-electron chi connectivity index (χ2n) is 1.65. The zero-order valence-corrected chi connectivity index (χ0v) is 8.57. The molecule has 0 spiro atoms. The van der Waals surface area contributed by atoms with Gasteiger partial charge >= 0.3 is 45.5 Å². The molecule has 0 aliphatic heterocycles. The zero-order valence-electron chi connectivity index (χ0n) is 7.09. The van der Waals surface area contributed by atoms with Gasteiger partial charge in [0, 0.05) is 0 Å². The molecule has 0 saturated heterocycles. The average Bonchev–Trinajstić information content (AvgIpc) is 1.69. The molecule has 40 valence electrons. The molecule has 0 unspecified atom stereocenters. The monoisotopic (exact) mass is 182 g/mol. The van der Waals surface area contributed by atoms with Gasteiger partial charge in [0.05, 0.1) is 0 Å². The van der Waals surface area contributed by atoms with Crippen LogP contribution in [0.5, 0.6) is 0 Å². The molecule has 0 amide bonds. The van der Waals surface area contributed by atoms with Crippen molar-refractivity contribution in [2.75, 3.05) is 0 Å². The van der Waals surface area contributed by atoms with Gasteiger partial charge in [-0.05, 0) is 6.92 Å². The van der Waals surface area contributed by atoms with Gasteiger partial charge in [-0.3, -0.25) is 0 Å². The summed E-state index contributed by atoms with van der Waals surface area (Å²) in [4.78, 5) is 0. The van der Waals surface area contributed by atoms with E-state index in [1.165, 1.54) is 5.56 Å². The molecule has 0 atom stereocenters. The number of hydrogen-bond donors (Lipinski definition) is 0. The molecular weight excluding hydrogens is 172 g/mol. The second kappa shape index (κ2) is 4.57. The summed E-state index contributed by atoms with van der Waals surface area (Å²) in [5.41, 5.74) is 1.32. The molecule has 8 heavy (non-hydrogen) atoms. The first kappa shape index (κ1) is 8.70. The Hall–Kier alpha value is 0.701. The number of hydrogen-bond acceptors (Lipinski definition) is 0. The van der Waals surface area contributed by atoms with Crippen molar-refractivity contribution in [3.63, 3.8) is 0 Å². The summed E-state index contributed by atoms with van der Waals surface area (Å²) in [5, 5.41) is 0. The van der Waals surface area contributed by atoms with E-state index in [-0.39, 0.29) is 48.3 Å². The third-order valence-corrected chi connectivity index (χ3v) is 0.940. The van der Waals surface area contributed by atoms with E-state index < -0.39 is 0 Å². The van der Waals surface area contributed by atoms with Gasteiger partial charge in [0.15, 0.2) is 0 Å². The van der Waals surface area contributed by atoms with Crippen LogP contribution in [-0.4, -0.2) is 45.5 Å². The van der Waals surface area contributed by atoms with Gasteiger partial charge in [0.25, 0.3) is 0 Å². The van der Waals surface area contributed by atoms with E-state index in [4.69, 9.17) is 0 Å². The topological polar surface area (TPSA) is 0 Å². The van der Waals surface area contributed by atoms with Crippen LogP contribution in [0.25, 0.3) is 0 Å². The van der Waals surface area contributed by atoms with Gasteiger partial charge < -0.3 is 2.85 Å². The summed E-state index contributed by atoms with van der Waals surface area (Å²) in [6.45, 7) is 2.08. The minimum Gasteiger partial charge on any atom is -1.00 e. The molecule has 0 aliphatic carbocycles. The van der Waals surface area contributed by atoms with Crippen LogP contribution in [0.3, 0.4) is 0 Å². The first-order valence-corrected chi connectivity index (χ1v) is 2.41. The fourth-order valence-corrected chi connectivity index (χ4v) is 0.534. The average molecular weight is 182 g/mol. The number of benzene rings is 1. The first-order chi connectivity index (χ1) is 3.39. The van der Waals surface area contributed by atoms with E-state index in [1.54, 1.807) is 0 Å². The smallest absolute Gasteiger partial charge is 1.00 e. The van der Waals surface area contributed by atoms with Gasteiger partial charge in [0.1, 0.15) is 0 Å². The second-order valence-corrected chi connectivity index (χ2v) is 1.65. The van der Waals surface area contributed by atoms with E-state index in [9.17, 15) is 0 Å². The van der Waals surface area contributed by atoms with Crippen molar-refractivity contribution in [1.82, 2.24) is 0 Å². The van der Waals surface area contributed by atoms with Crippen molar-refractivity contribution in [3.8, 4) is 0 Å². The molecular formula is C7H10Sr. The van der Waals surface area contributed by atoms with Gasteiger partial charge in [-0.15, -0.1) is 0 Å². The van der Waals surface area contributed by atoms with E-state index in [1.807, 2.05) is 18.2 Å². The number of rotatable bonds is 0. The Morgan fingerprint density at radius 1 is 1.12 bits per heavy atom. The van der Waals surface area contributed by atoms with Crippen LogP contribution in [0.15, 0.2) is 30.3 Å². The van der Waals surface area contributed by atoms with Crippen molar-refractivity contribution in [1.29, 1.82) is 0 Å². The Kier molecular flexibility index (Phi) is 4.97. The molecule has 0 aromatic heterocycles. The van der Waals surface area contributed by atoms with Crippen LogP contribution in [0.1, 0.15) is 8.42 Å². The summed E-state index contributed by atoms with van der Waals surface area (Å²) < 4.78 is 0. The molecule has 0 saturated carbocycles. The van der Waals surface area contributed by atoms with Gasteiger partial charge in [0.2, 0.25) is 0 Å². The van der Waals surface area contributed by atoms with Crippen molar-refractivity contribution in [2.45, 2.75) is 6.92 Å². The Balaban J connectivity index is -0.000000163. The summed E-state index contributed by atoms with van der Waals surface area (Å²) in [5.74, 6) is 0. The van der Waals surface area contributed by atoms with Crippen LogP contribution in [0.4, 0.5) is 0 Å². The predicted octanol–water partition coefficient (Wildman–Crippen LogP) is 1.84. The molecule has 0 bridgehead atoms. The maximum atomic E-state index is 2.08. The Morgan fingerprint density at radius 2 is 1.62 bits per heavy atom. The van der Waals surface area contributed by atoms with Crippen LogP contribution >= 0.6 is 0 Å². The molecule has 0 fully saturated rings. The van der Waals surface area contributed by atoms with Gasteiger partial charge in [-0.2, -0.15) is 0 Å². The van der Waals surface area contributed by atoms with E-state index in [0.717, 1.165) is 0 Å². The Labute approximate surface area is 90.2 Å². The third-order valence-electron chi connectivity index (χ3n) is 0.940. The molecule has 1 aromatic carbocycles. The summed E-state index contributed by atoms with van der Waals surface area (Å²) in [7, 11) is 0. The Morgan fingerprint density at radius 3 is 1.88 bits per heavy atom. The minimum absolute atomic E-state index is 0. The predicted molar refractivity (Wildman–Crippen MR) is 39.2 cm³/mol. The summed E-state index contributed by atoms with van der Waals surface area (Å²) in [6, 6.07) is 10.3. The molecule has 0 heterocycles. The molecule has 1 aromatic rings. The van der Waals surface area contributed by atoms with Crippen molar-refractivity contribution in [3.05, 3.63) is 35.9 Å². The van der Waals surface area contributed by atoms with E-state index in [2.05, 4.69) is 19.1 Å². The largest absolute Gasteiger partial charge is 2.00 e. The SMILES string of the molecule is Cc1ccccc1.[H-].[H-].[Sr+2]. The molecule has 1 heteroatoms. The maximum absolute atomic E-state index is 2.08. The zero-order chi connectivity index (χ0) is 5.11.